The molecule has 0 aliphatic carbocycles. The number of fused-ring (bicyclic) bond motifs is 1. The number of rotatable bonds is 3. The Labute approximate surface area is 138 Å². The molecular formula is C16H11N3OS2. The normalized spacial score (nSPS) is 10.8. The van der Waals surface area contributed by atoms with E-state index in [1.165, 1.54) is 6.20 Å². The molecule has 0 atom stereocenters. The van der Waals surface area contributed by atoms with E-state index in [0.29, 0.717) is 5.56 Å². The first-order valence-electron chi connectivity index (χ1n) is 6.27. The van der Waals surface area contributed by atoms with E-state index in [2.05, 4.69) is 5.32 Å². The first-order valence-corrected chi connectivity index (χ1v) is 7.08. The lowest BCUT2D eigenvalue weighted by Crippen LogP contribution is -2.30. The van der Waals surface area contributed by atoms with Crippen molar-refractivity contribution in [3.05, 3.63) is 59.8 Å². The first kappa shape index (κ1) is 15.8. The van der Waals surface area contributed by atoms with Crippen LogP contribution in [0.1, 0.15) is 10.4 Å². The van der Waals surface area contributed by atoms with Crippen molar-refractivity contribution in [2.45, 2.75) is 0 Å². The molecule has 0 bridgehead atoms. The van der Waals surface area contributed by atoms with E-state index >= 15 is 0 Å². The van der Waals surface area contributed by atoms with Gasteiger partial charge in [0, 0.05) is 11.8 Å². The second-order valence-corrected chi connectivity index (χ2v) is 5.25. The number of ketones is 1. The zero-order chi connectivity index (χ0) is 16.1. The lowest BCUT2D eigenvalue weighted by atomic mass is 10.0. The third-order valence-corrected chi connectivity index (χ3v) is 3.62. The fourth-order valence-corrected chi connectivity index (χ4v) is 1.96. The standard InChI is InChI=1S/C16H11N3OS2/c17-8-13(9-19-16(22)15(18)21)14(20)12-6-5-10-3-1-2-4-11(10)7-12/h1-7,9H,(H2,18,21)(H,19,22)/b13-9-. The van der Waals surface area contributed by atoms with Gasteiger partial charge in [0.05, 0.1) is 0 Å². The molecule has 4 nitrogen and oxygen atoms in total. The van der Waals surface area contributed by atoms with Crippen molar-refractivity contribution in [3.8, 4) is 6.07 Å². The van der Waals surface area contributed by atoms with Gasteiger partial charge in [-0.25, -0.2) is 0 Å². The van der Waals surface area contributed by atoms with Crippen LogP contribution in [0.4, 0.5) is 0 Å². The summed E-state index contributed by atoms with van der Waals surface area (Å²) >= 11 is 9.56. The predicted octanol–water partition coefficient (Wildman–Crippen LogP) is 2.63. The summed E-state index contributed by atoms with van der Waals surface area (Å²) in [6.07, 6.45) is 1.22. The second kappa shape index (κ2) is 6.89. The third-order valence-electron chi connectivity index (χ3n) is 2.95. The van der Waals surface area contributed by atoms with Gasteiger partial charge in [0.2, 0.25) is 5.78 Å². The van der Waals surface area contributed by atoms with E-state index in [-0.39, 0.29) is 15.6 Å². The Hall–Kier alpha value is -2.62. The van der Waals surface area contributed by atoms with Gasteiger partial charge in [-0.05, 0) is 16.8 Å². The van der Waals surface area contributed by atoms with Crippen molar-refractivity contribution in [3.63, 3.8) is 0 Å². The smallest absolute Gasteiger partial charge is 0.205 e. The van der Waals surface area contributed by atoms with E-state index in [0.717, 1.165) is 10.8 Å². The highest BCUT2D eigenvalue weighted by atomic mass is 32.1. The highest BCUT2D eigenvalue weighted by Crippen LogP contribution is 2.17. The van der Waals surface area contributed by atoms with Crippen LogP contribution in [0, 0.1) is 11.3 Å². The summed E-state index contributed by atoms with van der Waals surface area (Å²) in [6.45, 7) is 0. The number of Topliss-reactive ketones (excluding diaryl/α,β-unsaturated/α-hetero) is 1. The molecule has 6 heteroatoms. The Balaban J connectivity index is 2.30. The van der Waals surface area contributed by atoms with Gasteiger partial charge in [0.1, 0.15) is 21.6 Å². The Morgan fingerprint density at radius 1 is 1.18 bits per heavy atom. The topological polar surface area (TPSA) is 78.9 Å². The average Bonchev–Trinajstić information content (AvgIpc) is 2.54. The summed E-state index contributed by atoms with van der Waals surface area (Å²) in [5.41, 5.74) is 5.69. The molecule has 0 aliphatic heterocycles. The Bertz CT molecular complexity index is 850. The molecule has 0 spiro atoms. The molecule has 2 aromatic carbocycles. The van der Waals surface area contributed by atoms with Gasteiger partial charge in [-0.3, -0.25) is 4.79 Å². The van der Waals surface area contributed by atoms with E-state index in [1.807, 2.05) is 36.4 Å². The molecule has 0 radical (unpaired) electrons. The largest absolute Gasteiger partial charge is 0.388 e. The second-order valence-electron chi connectivity index (χ2n) is 4.40. The fourth-order valence-electron chi connectivity index (χ4n) is 1.84. The number of nitrogens with two attached hydrogens (primary N) is 1. The Morgan fingerprint density at radius 3 is 2.50 bits per heavy atom. The number of benzene rings is 2. The van der Waals surface area contributed by atoms with Crippen molar-refractivity contribution in [1.29, 1.82) is 5.26 Å². The minimum Gasteiger partial charge on any atom is -0.388 e. The van der Waals surface area contributed by atoms with Crippen molar-refractivity contribution < 1.29 is 4.79 Å². The Kier molecular flexibility index (Phi) is 4.94. The maximum absolute atomic E-state index is 12.4. The fraction of sp³-hybridized carbons (Fsp3) is 0. The van der Waals surface area contributed by atoms with Gasteiger partial charge in [0.15, 0.2) is 0 Å². The quantitative estimate of drug-likeness (QED) is 0.391. The number of carbonyl (C=O) groups excluding carboxylic acids is 1. The molecule has 2 aromatic rings. The van der Waals surface area contributed by atoms with Crippen LogP contribution < -0.4 is 11.1 Å². The number of hydrogen-bond acceptors (Lipinski definition) is 4. The van der Waals surface area contributed by atoms with E-state index < -0.39 is 5.78 Å². The zero-order valence-electron chi connectivity index (χ0n) is 11.4. The van der Waals surface area contributed by atoms with Gasteiger partial charge in [-0.15, -0.1) is 0 Å². The van der Waals surface area contributed by atoms with Crippen molar-refractivity contribution >= 4 is 51.0 Å². The number of nitrogens with zero attached hydrogens (tertiary/aromatic N) is 1. The summed E-state index contributed by atoms with van der Waals surface area (Å²) in [5, 5.41) is 13.7. The summed E-state index contributed by atoms with van der Waals surface area (Å²) in [5.74, 6) is -0.397. The number of allylic oxidation sites excluding steroid dienone is 1. The number of hydrogen-bond donors (Lipinski definition) is 2. The van der Waals surface area contributed by atoms with E-state index in [1.54, 1.807) is 12.1 Å². The predicted molar refractivity (Wildman–Crippen MR) is 94.5 cm³/mol. The van der Waals surface area contributed by atoms with Gasteiger partial charge in [-0.1, -0.05) is 60.8 Å². The highest BCUT2D eigenvalue weighted by Gasteiger charge is 2.13. The van der Waals surface area contributed by atoms with Crippen LogP contribution in [0.5, 0.6) is 0 Å². The van der Waals surface area contributed by atoms with Crippen LogP contribution in [0.2, 0.25) is 0 Å². The van der Waals surface area contributed by atoms with Crippen LogP contribution >= 0.6 is 24.4 Å². The average molecular weight is 325 g/mol. The van der Waals surface area contributed by atoms with Crippen LogP contribution in [0.3, 0.4) is 0 Å². The number of thiocarbonyl (C=S) groups is 2. The monoisotopic (exact) mass is 325 g/mol. The molecule has 0 fully saturated rings. The molecule has 2 rings (SSSR count). The lowest BCUT2D eigenvalue weighted by Gasteiger charge is -2.04. The van der Waals surface area contributed by atoms with Gasteiger partial charge < -0.3 is 11.1 Å². The van der Waals surface area contributed by atoms with Crippen LogP contribution in [0.25, 0.3) is 10.8 Å². The first-order chi connectivity index (χ1) is 10.5. The van der Waals surface area contributed by atoms with E-state index in [4.69, 9.17) is 35.4 Å². The zero-order valence-corrected chi connectivity index (χ0v) is 13.0. The minimum absolute atomic E-state index is 0.00157. The van der Waals surface area contributed by atoms with Gasteiger partial charge in [0.25, 0.3) is 0 Å². The molecule has 0 amide bonds. The molecule has 0 aromatic heterocycles. The highest BCUT2D eigenvalue weighted by molar-refractivity contribution is 7.89. The van der Waals surface area contributed by atoms with E-state index in [9.17, 15) is 4.79 Å². The summed E-state index contributed by atoms with van der Waals surface area (Å²) in [6, 6.07) is 14.8. The van der Waals surface area contributed by atoms with Crippen LogP contribution in [-0.2, 0) is 0 Å². The van der Waals surface area contributed by atoms with Crippen molar-refractivity contribution in [1.82, 2.24) is 5.32 Å². The van der Waals surface area contributed by atoms with Crippen LogP contribution in [-0.4, -0.2) is 15.8 Å². The third kappa shape index (κ3) is 3.52. The van der Waals surface area contributed by atoms with Crippen molar-refractivity contribution in [2.24, 2.45) is 5.73 Å². The molecule has 3 N–H and O–H groups in total. The molecule has 0 aliphatic rings. The van der Waals surface area contributed by atoms with Gasteiger partial charge in [-0.2, -0.15) is 5.26 Å². The molecule has 0 saturated heterocycles. The molecule has 22 heavy (non-hydrogen) atoms. The molecular weight excluding hydrogens is 314 g/mol. The summed E-state index contributed by atoms with van der Waals surface area (Å²) in [7, 11) is 0. The molecule has 0 heterocycles. The SMILES string of the molecule is N#C/C(=C/NC(=S)C(N)=S)C(=O)c1ccc2ccccc2c1. The summed E-state index contributed by atoms with van der Waals surface area (Å²) in [4.78, 5) is 12.5. The molecule has 0 saturated carbocycles. The summed E-state index contributed by atoms with van der Waals surface area (Å²) < 4.78 is 0. The maximum Gasteiger partial charge on any atom is 0.205 e. The maximum atomic E-state index is 12.4. The number of nitrogens with one attached hydrogen (secondary N) is 1. The minimum atomic E-state index is -0.397. The Morgan fingerprint density at radius 2 is 1.86 bits per heavy atom. The number of nitriles is 1. The lowest BCUT2D eigenvalue weighted by molar-refractivity contribution is 0.103. The van der Waals surface area contributed by atoms with Crippen molar-refractivity contribution in [2.75, 3.05) is 0 Å². The molecule has 0 unspecified atom stereocenters. The molecule has 108 valence electrons. The van der Waals surface area contributed by atoms with Gasteiger partial charge >= 0.3 is 0 Å². The number of carbonyl (C=O) groups is 1. The van der Waals surface area contributed by atoms with Crippen LogP contribution in [0.15, 0.2) is 54.2 Å².